The summed E-state index contributed by atoms with van der Waals surface area (Å²) in [5.74, 6) is 0.188. The van der Waals surface area contributed by atoms with E-state index in [2.05, 4.69) is 34.9 Å². The number of hydrogen-bond acceptors (Lipinski definition) is 2. The molecule has 2 N–H and O–H groups in total. The molecule has 0 radical (unpaired) electrons. The Bertz CT molecular complexity index is 738. The molecule has 4 heteroatoms. The largest absolute Gasteiger partial charge is 0.351 e. The van der Waals surface area contributed by atoms with Gasteiger partial charge in [-0.25, -0.2) is 0 Å². The van der Waals surface area contributed by atoms with E-state index in [-0.39, 0.29) is 11.8 Å². The number of fused-ring (bicyclic) bond motifs is 1. The van der Waals surface area contributed by atoms with Crippen molar-refractivity contribution in [3.05, 3.63) is 65.2 Å². The quantitative estimate of drug-likeness (QED) is 0.905. The molecule has 4 nitrogen and oxygen atoms in total. The zero-order valence-corrected chi connectivity index (χ0v) is 13.8. The van der Waals surface area contributed by atoms with Gasteiger partial charge in [0.2, 0.25) is 5.91 Å². The Morgan fingerprint density at radius 1 is 1.08 bits per heavy atom. The topological polar surface area (TPSA) is 58.2 Å². The highest BCUT2D eigenvalue weighted by atomic mass is 16.2. The summed E-state index contributed by atoms with van der Waals surface area (Å²) in [6.07, 6.45) is 3.41. The van der Waals surface area contributed by atoms with Crippen molar-refractivity contribution in [3.63, 3.8) is 0 Å². The lowest BCUT2D eigenvalue weighted by atomic mass is 9.83. The molecule has 0 spiro atoms. The van der Waals surface area contributed by atoms with E-state index in [1.54, 1.807) is 24.3 Å². The van der Waals surface area contributed by atoms with Crippen LogP contribution in [0.3, 0.4) is 0 Å². The van der Waals surface area contributed by atoms with Crippen LogP contribution >= 0.6 is 0 Å². The Kier molecular flexibility index (Phi) is 4.94. The van der Waals surface area contributed by atoms with E-state index >= 15 is 0 Å². The van der Waals surface area contributed by atoms with E-state index in [0.29, 0.717) is 23.7 Å². The van der Waals surface area contributed by atoms with Crippen LogP contribution in [0.1, 0.15) is 47.2 Å². The van der Waals surface area contributed by atoms with Gasteiger partial charge in [-0.15, -0.1) is 0 Å². The van der Waals surface area contributed by atoms with Gasteiger partial charge in [-0.1, -0.05) is 24.3 Å². The van der Waals surface area contributed by atoms with Crippen LogP contribution in [-0.4, -0.2) is 18.4 Å². The minimum absolute atomic E-state index is 0.0765. The number of amides is 2. The average molecular weight is 322 g/mol. The molecule has 0 aromatic heterocycles. The smallest absolute Gasteiger partial charge is 0.251 e. The van der Waals surface area contributed by atoms with Crippen LogP contribution in [0.2, 0.25) is 0 Å². The second-order valence-electron chi connectivity index (χ2n) is 6.26. The summed E-state index contributed by atoms with van der Waals surface area (Å²) < 4.78 is 0. The van der Waals surface area contributed by atoms with E-state index in [9.17, 15) is 9.59 Å². The third-order valence-corrected chi connectivity index (χ3v) is 4.47. The van der Waals surface area contributed by atoms with E-state index in [0.717, 1.165) is 12.8 Å². The van der Waals surface area contributed by atoms with E-state index in [4.69, 9.17) is 0 Å². The van der Waals surface area contributed by atoms with Gasteiger partial charge in [0.25, 0.3) is 5.91 Å². The minimum Gasteiger partial charge on any atom is -0.351 e. The molecule has 1 aliphatic rings. The van der Waals surface area contributed by atoms with Crippen molar-refractivity contribution in [3.8, 4) is 0 Å². The summed E-state index contributed by atoms with van der Waals surface area (Å²) in [6.45, 7) is 2.12. The van der Waals surface area contributed by atoms with Crippen LogP contribution in [0.4, 0.5) is 5.69 Å². The monoisotopic (exact) mass is 322 g/mol. The standard InChI is InChI=1S/C20H22N2O2/c1-14(23)22-18-11-9-16(10-12-18)20(24)21-13-17-7-4-6-15-5-2-3-8-19(15)17/h2-3,5,8-12,17H,4,6-7,13H2,1H3,(H,21,24)(H,22,23). The molecule has 2 amide bonds. The fraction of sp³-hybridized carbons (Fsp3) is 0.300. The van der Waals surface area contributed by atoms with Crippen molar-refractivity contribution < 1.29 is 9.59 Å². The Morgan fingerprint density at radius 2 is 1.83 bits per heavy atom. The Balaban J connectivity index is 1.61. The van der Waals surface area contributed by atoms with Crippen LogP contribution in [0.5, 0.6) is 0 Å². The predicted octanol–water partition coefficient (Wildman–Crippen LogP) is 3.49. The molecule has 1 unspecified atom stereocenters. The van der Waals surface area contributed by atoms with Crippen molar-refractivity contribution in [1.29, 1.82) is 0 Å². The molecule has 0 bridgehead atoms. The second kappa shape index (κ2) is 7.30. The Labute approximate surface area is 142 Å². The average Bonchev–Trinajstić information content (AvgIpc) is 2.59. The summed E-state index contributed by atoms with van der Waals surface area (Å²) in [6, 6.07) is 15.5. The Morgan fingerprint density at radius 3 is 2.58 bits per heavy atom. The number of benzene rings is 2. The number of carbonyl (C=O) groups is 2. The summed E-state index contributed by atoms with van der Waals surface area (Å²) in [7, 11) is 0. The number of rotatable bonds is 4. The maximum absolute atomic E-state index is 12.3. The molecule has 2 aromatic rings. The maximum atomic E-state index is 12.3. The van der Waals surface area contributed by atoms with E-state index in [1.165, 1.54) is 24.5 Å². The van der Waals surface area contributed by atoms with Crippen molar-refractivity contribution in [2.45, 2.75) is 32.1 Å². The van der Waals surface area contributed by atoms with Crippen LogP contribution in [0.25, 0.3) is 0 Å². The molecular formula is C20H22N2O2. The summed E-state index contributed by atoms with van der Waals surface area (Å²) in [5.41, 5.74) is 4.07. The van der Waals surface area contributed by atoms with Crippen molar-refractivity contribution in [1.82, 2.24) is 5.32 Å². The fourth-order valence-electron chi connectivity index (χ4n) is 3.29. The van der Waals surface area contributed by atoms with Crippen LogP contribution in [0.15, 0.2) is 48.5 Å². The minimum atomic E-state index is -0.122. The summed E-state index contributed by atoms with van der Waals surface area (Å²) in [5, 5.41) is 5.74. The zero-order valence-electron chi connectivity index (χ0n) is 13.8. The fourth-order valence-corrected chi connectivity index (χ4v) is 3.29. The number of carbonyl (C=O) groups excluding carboxylic acids is 2. The summed E-state index contributed by atoms with van der Waals surface area (Å²) in [4.78, 5) is 23.4. The van der Waals surface area contributed by atoms with E-state index in [1.807, 2.05) is 0 Å². The van der Waals surface area contributed by atoms with Crippen molar-refractivity contribution in [2.24, 2.45) is 0 Å². The number of hydrogen-bond donors (Lipinski definition) is 2. The first-order chi connectivity index (χ1) is 11.6. The maximum Gasteiger partial charge on any atom is 0.251 e. The highest BCUT2D eigenvalue weighted by Crippen LogP contribution is 2.30. The third-order valence-electron chi connectivity index (χ3n) is 4.47. The van der Waals surface area contributed by atoms with Crippen LogP contribution in [-0.2, 0) is 11.2 Å². The lowest BCUT2D eigenvalue weighted by Crippen LogP contribution is -2.29. The highest BCUT2D eigenvalue weighted by Gasteiger charge is 2.20. The molecular weight excluding hydrogens is 300 g/mol. The van der Waals surface area contributed by atoms with Gasteiger partial charge < -0.3 is 10.6 Å². The first kappa shape index (κ1) is 16.2. The first-order valence-corrected chi connectivity index (χ1v) is 8.37. The summed E-state index contributed by atoms with van der Waals surface area (Å²) >= 11 is 0. The van der Waals surface area contributed by atoms with Gasteiger partial charge in [-0.2, -0.15) is 0 Å². The predicted molar refractivity (Wildman–Crippen MR) is 95.2 cm³/mol. The highest BCUT2D eigenvalue weighted by molar-refractivity contribution is 5.95. The lowest BCUT2D eigenvalue weighted by molar-refractivity contribution is -0.114. The molecule has 0 aliphatic heterocycles. The lowest BCUT2D eigenvalue weighted by Gasteiger charge is -2.25. The van der Waals surface area contributed by atoms with E-state index < -0.39 is 0 Å². The second-order valence-corrected chi connectivity index (χ2v) is 6.26. The van der Waals surface area contributed by atoms with Gasteiger partial charge >= 0.3 is 0 Å². The molecule has 24 heavy (non-hydrogen) atoms. The molecule has 0 saturated heterocycles. The van der Waals surface area contributed by atoms with Gasteiger partial charge in [-0.3, -0.25) is 9.59 Å². The van der Waals surface area contributed by atoms with Gasteiger partial charge in [0.15, 0.2) is 0 Å². The first-order valence-electron chi connectivity index (χ1n) is 8.37. The van der Waals surface area contributed by atoms with Gasteiger partial charge in [0.1, 0.15) is 0 Å². The Hall–Kier alpha value is -2.62. The molecule has 0 heterocycles. The number of aryl methyl sites for hydroxylation is 1. The van der Waals surface area contributed by atoms with Gasteiger partial charge in [-0.05, 0) is 54.7 Å². The number of nitrogens with one attached hydrogen (secondary N) is 2. The molecule has 2 aromatic carbocycles. The van der Waals surface area contributed by atoms with Crippen LogP contribution in [0, 0.1) is 0 Å². The molecule has 0 fully saturated rings. The third kappa shape index (κ3) is 3.82. The molecule has 1 aliphatic carbocycles. The zero-order chi connectivity index (χ0) is 16.9. The molecule has 1 atom stereocenters. The number of anilines is 1. The van der Waals surface area contributed by atoms with Gasteiger partial charge in [0.05, 0.1) is 0 Å². The molecule has 124 valence electrons. The van der Waals surface area contributed by atoms with Crippen molar-refractivity contribution >= 4 is 17.5 Å². The van der Waals surface area contributed by atoms with Gasteiger partial charge in [0, 0.05) is 30.6 Å². The molecule has 3 rings (SSSR count). The van der Waals surface area contributed by atoms with Crippen molar-refractivity contribution in [2.75, 3.05) is 11.9 Å². The SMILES string of the molecule is CC(=O)Nc1ccc(C(=O)NCC2CCCc3ccccc32)cc1. The molecule has 0 saturated carbocycles. The van der Waals surface area contributed by atoms with Crippen LogP contribution < -0.4 is 10.6 Å². The normalized spacial score (nSPS) is 16.1.